The minimum absolute atomic E-state index is 0.552. The van der Waals surface area contributed by atoms with Crippen LogP contribution >= 0.6 is 0 Å². The molecular weight excluding hydrogens is 204 g/mol. The average Bonchev–Trinajstić information content (AvgIpc) is 2.38. The van der Waals surface area contributed by atoms with Gasteiger partial charge in [-0.25, -0.2) is 0 Å². The third-order valence-corrected chi connectivity index (χ3v) is 3.32. The standard InChI is InChI=1S/C17H19/c1-3-8-14(9-4-2)17-13-7-11-15-10-5-6-12-16(15)17/h1,3,5-7,10-14H,4,8-9H2,2H3. The molecule has 0 bridgehead atoms. The highest BCUT2D eigenvalue weighted by molar-refractivity contribution is 5.86. The summed E-state index contributed by atoms with van der Waals surface area (Å²) in [5.41, 5.74) is 1.44. The third-order valence-electron chi connectivity index (χ3n) is 3.32. The second-order valence-corrected chi connectivity index (χ2v) is 4.53. The lowest BCUT2D eigenvalue weighted by Gasteiger charge is -2.17. The molecule has 0 heteroatoms. The molecule has 87 valence electrons. The van der Waals surface area contributed by atoms with E-state index in [9.17, 15) is 0 Å². The van der Waals surface area contributed by atoms with Crippen molar-refractivity contribution in [3.8, 4) is 0 Å². The Bertz CT molecular complexity index is 491. The van der Waals surface area contributed by atoms with Crippen molar-refractivity contribution in [1.82, 2.24) is 0 Å². The van der Waals surface area contributed by atoms with E-state index in [0.29, 0.717) is 5.92 Å². The van der Waals surface area contributed by atoms with Gasteiger partial charge in [0.1, 0.15) is 0 Å². The maximum atomic E-state index is 5.62. The highest BCUT2D eigenvalue weighted by Gasteiger charge is 2.11. The Balaban J connectivity index is 2.48. The molecule has 0 aliphatic carbocycles. The van der Waals surface area contributed by atoms with Gasteiger partial charge in [0.05, 0.1) is 0 Å². The zero-order valence-electron chi connectivity index (χ0n) is 10.4. The number of allylic oxidation sites excluding steroid dienone is 1. The Morgan fingerprint density at radius 1 is 1.12 bits per heavy atom. The van der Waals surface area contributed by atoms with E-state index in [-0.39, 0.29) is 0 Å². The van der Waals surface area contributed by atoms with Crippen LogP contribution in [0.5, 0.6) is 0 Å². The molecule has 0 fully saturated rings. The van der Waals surface area contributed by atoms with Gasteiger partial charge in [-0.3, -0.25) is 0 Å². The average molecular weight is 223 g/mol. The molecule has 0 saturated heterocycles. The van der Waals surface area contributed by atoms with Crippen LogP contribution in [0.3, 0.4) is 0 Å². The first-order valence-corrected chi connectivity index (χ1v) is 6.38. The number of hydrogen-bond donors (Lipinski definition) is 0. The second kappa shape index (κ2) is 5.67. The van der Waals surface area contributed by atoms with Gasteiger partial charge in [-0.2, -0.15) is 0 Å². The van der Waals surface area contributed by atoms with Crippen LogP contribution < -0.4 is 0 Å². The van der Waals surface area contributed by atoms with E-state index < -0.39 is 0 Å². The molecule has 1 radical (unpaired) electrons. The largest absolute Gasteiger partial charge is 0.0839 e. The van der Waals surface area contributed by atoms with Crippen LogP contribution in [0, 0.1) is 6.58 Å². The molecule has 1 atom stereocenters. The first kappa shape index (κ1) is 11.9. The van der Waals surface area contributed by atoms with E-state index in [1.54, 1.807) is 6.08 Å². The molecule has 17 heavy (non-hydrogen) atoms. The number of hydrogen-bond acceptors (Lipinski definition) is 0. The van der Waals surface area contributed by atoms with E-state index in [1.165, 1.54) is 29.2 Å². The van der Waals surface area contributed by atoms with E-state index >= 15 is 0 Å². The Hall–Kier alpha value is -1.56. The second-order valence-electron chi connectivity index (χ2n) is 4.53. The topological polar surface area (TPSA) is 0 Å². The van der Waals surface area contributed by atoms with Crippen molar-refractivity contribution in [3.63, 3.8) is 0 Å². The highest BCUT2D eigenvalue weighted by Crippen LogP contribution is 2.31. The fraction of sp³-hybridized carbons (Fsp3) is 0.294. The summed E-state index contributed by atoms with van der Waals surface area (Å²) < 4.78 is 0. The lowest BCUT2D eigenvalue weighted by molar-refractivity contribution is 0.625. The van der Waals surface area contributed by atoms with Gasteiger partial charge in [0.25, 0.3) is 0 Å². The smallest absolute Gasteiger partial charge is 0.0121 e. The summed E-state index contributed by atoms with van der Waals surface area (Å²) in [7, 11) is 0. The zero-order chi connectivity index (χ0) is 12.1. The first-order valence-electron chi connectivity index (χ1n) is 6.38. The van der Waals surface area contributed by atoms with Gasteiger partial charge in [-0.15, -0.1) is 0 Å². The van der Waals surface area contributed by atoms with Gasteiger partial charge < -0.3 is 0 Å². The predicted octanol–water partition coefficient (Wildman–Crippen LogP) is 5.10. The minimum atomic E-state index is 0.552. The third kappa shape index (κ3) is 2.58. The van der Waals surface area contributed by atoms with Crippen molar-refractivity contribution in [2.75, 3.05) is 0 Å². The molecule has 0 spiro atoms. The molecule has 1 unspecified atom stereocenters. The summed E-state index contributed by atoms with van der Waals surface area (Å²) in [6.07, 6.45) is 5.15. The fourth-order valence-electron chi connectivity index (χ4n) is 2.52. The lowest BCUT2D eigenvalue weighted by atomic mass is 9.88. The summed E-state index contributed by atoms with van der Waals surface area (Å²) in [5.74, 6) is 0.552. The van der Waals surface area contributed by atoms with Crippen molar-refractivity contribution >= 4 is 10.8 Å². The van der Waals surface area contributed by atoms with E-state index in [1.807, 2.05) is 0 Å². The molecular formula is C17H19. The predicted molar refractivity (Wildman–Crippen MR) is 75.1 cm³/mol. The zero-order valence-corrected chi connectivity index (χ0v) is 10.4. The van der Waals surface area contributed by atoms with E-state index in [0.717, 1.165) is 6.42 Å². The minimum Gasteiger partial charge on any atom is -0.0839 e. The molecule has 0 aromatic heterocycles. The maximum absolute atomic E-state index is 5.62. The van der Waals surface area contributed by atoms with E-state index in [2.05, 4.69) is 49.4 Å². The number of fused-ring (bicyclic) bond motifs is 1. The molecule has 2 aromatic carbocycles. The molecule has 0 amide bonds. The Labute approximate surface area is 104 Å². The highest BCUT2D eigenvalue weighted by atomic mass is 14.2. The molecule has 0 N–H and O–H groups in total. The van der Waals surface area contributed by atoms with Crippen LogP contribution in [0.2, 0.25) is 0 Å². The summed E-state index contributed by atoms with van der Waals surface area (Å²) in [6, 6.07) is 15.2. The monoisotopic (exact) mass is 223 g/mol. The summed E-state index contributed by atoms with van der Waals surface area (Å²) >= 11 is 0. The Morgan fingerprint density at radius 2 is 1.88 bits per heavy atom. The first-order chi connectivity index (χ1) is 8.36. The molecule has 0 saturated carbocycles. The van der Waals surface area contributed by atoms with Crippen molar-refractivity contribution < 1.29 is 0 Å². The van der Waals surface area contributed by atoms with Crippen LogP contribution in [0.15, 0.2) is 48.5 Å². The van der Waals surface area contributed by atoms with E-state index in [4.69, 9.17) is 6.58 Å². The molecule has 0 heterocycles. The number of benzene rings is 2. The van der Waals surface area contributed by atoms with Crippen LogP contribution in [-0.2, 0) is 0 Å². The maximum Gasteiger partial charge on any atom is -0.0121 e. The van der Waals surface area contributed by atoms with Gasteiger partial charge in [0.2, 0.25) is 0 Å². The molecule has 2 rings (SSSR count). The SMILES string of the molecule is [CH]=CCC(CCC)c1cccc2ccccc12. The van der Waals surface area contributed by atoms with Crippen molar-refractivity contribution in [2.45, 2.75) is 32.1 Å². The molecule has 0 aliphatic rings. The lowest BCUT2D eigenvalue weighted by Crippen LogP contribution is -1.98. The van der Waals surface area contributed by atoms with Gasteiger partial charge in [-0.05, 0) is 35.1 Å². The van der Waals surface area contributed by atoms with Crippen molar-refractivity contribution in [1.29, 1.82) is 0 Å². The summed E-state index contributed by atoms with van der Waals surface area (Å²) in [4.78, 5) is 0. The summed E-state index contributed by atoms with van der Waals surface area (Å²) in [5, 5.41) is 2.69. The van der Waals surface area contributed by atoms with Crippen molar-refractivity contribution in [3.05, 3.63) is 60.7 Å². The quantitative estimate of drug-likeness (QED) is 0.661. The fourth-order valence-corrected chi connectivity index (χ4v) is 2.52. The normalized spacial score (nSPS) is 12.5. The molecule has 2 aromatic rings. The Kier molecular flexibility index (Phi) is 3.98. The van der Waals surface area contributed by atoms with Crippen molar-refractivity contribution in [2.24, 2.45) is 0 Å². The van der Waals surface area contributed by atoms with Crippen LogP contribution in [0.4, 0.5) is 0 Å². The van der Waals surface area contributed by atoms with Crippen LogP contribution in [0.25, 0.3) is 10.8 Å². The molecule has 0 aliphatic heterocycles. The van der Waals surface area contributed by atoms with Gasteiger partial charge in [0, 0.05) is 0 Å². The van der Waals surface area contributed by atoms with Gasteiger partial charge >= 0.3 is 0 Å². The van der Waals surface area contributed by atoms with Gasteiger partial charge in [-0.1, -0.05) is 68.5 Å². The van der Waals surface area contributed by atoms with Gasteiger partial charge in [0.15, 0.2) is 0 Å². The van der Waals surface area contributed by atoms with Crippen LogP contribution in [-0.4, -0.2) is 0 Å². The molecule has 0 nitrogen and oxygen atoms in total. The summed E-state index contributed by atoms with van der Waals surface area (Å²) in [6.45, 7) is 7.85. The number of rotatable bonds is 5. The van der Waals surface area contributed by atoms with Crippen LogP contribution in [0.1, 0.15) is 37.7 Å². The Morgan fingerprint density at radius 3 is 2.65 bits per heavy atom.